The fourth-order valence-electron chi connectivity index (χ4n) is 2.80. The Labute approximate surface area is 152 Å². The predicted molar refractivity (Wildman–Crippen MR) is 105 cm³/mol. The van der Waals surface area contributed by atoms with Gasteiger partial charge in [-0.1, -0.05) is 82.9 Å². The molecule has 2 rings (SSSR count). The molecule has 0 unspecified atom stereocenters. The van der Waals surface area contributed by atoms with Crippen LogP contribution in [0.3, 0.4) is 0 Å². The van der Waals surface area contributed by atoms with Gasteiger partial charge in [-0.3, -0.25) is 4.79 Å². The average Bonchev–Trinajstić information content (AvgIpc) is 2.64. The Morgan fingerprint density at radius 3 is 1.96 bits per heavy atom. The van der Waals surface area contributed by atoms with Crippen molar-refractivity contribution in [2.45, 2.75) is 52.9 Å². The lowest BCUT2D eigenvalue weighted by molar-refractivity contribution is 0.0939. The maximum Gasteiger partial charge on any atom is 0.165 e. The second-order valence-electron chi connectivity index (χ2n) is 6.88. The molecule has 0 aliphatic heterocycles. The second-order valence-corrected chi connectivity index (χ2v) is 6.88. The largest absolute Gasteiger partial charge is 0.494 e. The Balaban J connectivity index is 1.88. The molecule has 134 valence electrons. The van der Waals surface area contributed by atoms with Crippen LogP contribution in [0.2, 0.25) is 0 Å². The first-order chi connectivity index (χ1) is 12.1. The number of hydrogen-bond acceptors (Lipinski definition) is 2. The van der Waals surface area contributed by atoms with Gasteiger partial charge in [-0.2, -0.15) is 0 Å². The van der Waals surface area contributed by atoms with Crippen molar-refractivity contribution in [2.75, 3.05) is 6.61 Å². The van der Waals surface area contributed by atoms with E-state index in [2.05, 4.69) is 19.1 Å². The highest BCUT2D eigenvalue weighted by Crippen LogP contribution is 2.23. The van der Waals surface area contributed by atoms with Crippen LogP contribution >= 0.6 is 0 Å². The van der Waals surface area contributed by atoms with E-state index in [0.29, 0.717) is 0 Å². The van der Waals surface area contributed by atoms with Gasteiger partial charge >= 0.3 is 0 Å². The number of Topliss-reactive ketones (excluding diaryl/α,β-unsaturated/α-hetero) is 1. The Hall–Kier alpha value is -2.09. The van der Waals surface area contributed by atoms with Gasteiger partial charge in [0.2, 0.25) is 0 Å². The molecule has 0 aromatic heterocycles. The normalized spacial score (nSPS) is 10.9. The van der Waals surface area contributed by atoms with E-state index in [0.717, 1.165) is 35.5 Å². The average molecular weight is 338 g/mol. The van der Waals surface area contributed by atoms with E-state index >= 15 is 0 Å². The zero-order chi connectivity index (χ0) is 18.1. The van der Waals surface area contributed by atoms with Crippen molar-refractivity contribution in [3.05, 3.63) is 54.1 Å². The third kappa shape index (κ3) is 6.04. The Morgan fingerprint density at radius 1 is 0.840 bits per heavy atom. The first-order valence-corrected chi connectivity index (χ1v) is 9.49. The predicted octanol–water partition coefficient (Wildman–Crippen LogP) is 6.54. The molecule has 0 aliphatic carbocycles. The molecule has 0 aliphatic rings. The second kappa shape index (κ2) is 10.0. The molecule has 0 spiro atoms. The third-order valence-electron chi connectivity index (χ3n) is 4.40. The summed E-state index contributed by atoms with van der Waals surface area (Å²) in [5, 5.41) is 0. The van der Waals surface area contributed by atoms with Crippen molar-refractivity contribution >= 4 is 5.78 Å². The molecule has 2 heteroatoms. The number of ether oxygens (including phenoxy) is 1. The van der Waals surface area contributed by atoms with Crippen LogP contribution in [0.5, 0.6) is 5.75 Å². The van der Waals surface area contributed by atoms with E-state index in [1.165, 1.54) is 25.7 Å². The summed E-state index contributed by atoms with van der Waals surface area (Å²) >= 11 is 0. The summed E-state index contributed by atoms with van der Waals surface area (Å²) in [6, 6.07) is 16.1. The maximum absolute atomic E-state index is 12.0. The summed E-state index contributed by atoms with van der Waals surface area (Å²) in [4.78, 5) is 12.0. The van der Waals surface area contributed by atoms with Gasteiger partial charge in [0.05, 0.1) is 6.61 Å². The van der Waals surface area contributed by atoms with Gasteiger partial charge in [-0.25, -0.2) is 0 Å². The first-order valence-electron chi connectivity index (χ1n) is 9.49. The maximum atomic E-state index is 12.0. The number of rotatable bonds is 10. The minimum Gasteiger partial charge on any atom is -0.494 e. The van der Waals surface area contributed by atoms with Crippen molar-refractivity contribution in [1.82, 2.24) is 0 Å². The lowest BCUT2D eigenvalue weighted by Crippen LogP contribution is -2.06. The first kappa shape index (κ1) is 19.2. The van der Waals surface area contributed by atoms with Gasteiger partial charge in [-0.15, -0.1) is 0 Å². The molecule has 0 atom stereocenters. The van der Waals surface area contributed by atoms with Crippen molar-refractivity contribution in [1.29, 1.82) is 0 Å². The highest BCUT2D eigenvalue weighted by atomic mass is 16.5. The summed E-state index contributed by atoms with van der Waals surface area (Å²) in [6.45, 7) is 6.88. The zero-order valence-electron chi connectivity index (χ0n) is 15.8. The van der Waals surface area contributed by atoms with E-state index in [4.69, 9.17) is 4.74 Å². The van der Waals surface area contributed by atoms with Crippen LogP contribution in [0.1, 0.15) is 63.2 Å². The number of benzene rings is 2. The minimum atomic E-state index is 0.0317. The summed E-state index contributed by atoms with van der Waals surface area (Å²) in [5.74, 6) is 1.14. The van der Waals surface area contributed by atoms with Crippen LogP contribution in [0.4, 0.5) is 0 Å². The van der Waals surface area contributed by atoms with Gasteiger partial charge in [0.25, 0.3) is 0 Å². The van der Waals surface area contributed by atoms with Crippen LogP contribution in [0.25, 0.3) is 11.1 Å². The molecule has 2 aromatic rings. The molecule has 0 radical (unpaired) electrons. The third-order valence-corrected chi connectivity index (χ3v) is 4.40. The van der Waals surface area contributed by atoms with Gasteiger partial charge in [-0.05, 0) is 29.7 Å². The lowest BCUT2D eigenvalue weighted by Gasteiger charge is -2.08. The van der Waals surface area contributed by atoms with E-state index < -0.39 is 0 Å². The van der Waals surface area contributed by atoms with E-state index in [1.807, 2.05) is 50.2 Å². The molecular weight excluding hydrogens is 308 g/mol. The Morgan fingerprint density at radius 2 is 1.40 bits per heavy atom. The topological polar surface area (TPSA) is 26.3 Å². The van der Waals surface area contributed by atoms with E-state index in [1.54, 1.807) is 0 Å². The number of carbonyl (C=O) groups is 1. The number of hydrogen-bond donors (Lipinski definition) is 0. The number of unbranched alkanes of at least 4 members (excludes halogenated alkanes) is 4. The SMILES string of the molecule is CCCCCCCOc1ccc(-c2ccc(C(=O)C(C)C)cc2)cc1. The lowest BCUT2D eigenvalue weighted by atomic mass is 9.98. The molecule has 2 aromatic carbocycles. The van der Waals surface area contributed by atoms with E-state index in [-0.39, 0.29) is 11.7 Å². The van der Waals surface area contributed by atoms with Gasteiger partial charge < -0.3 is 4.74 Å². The standard InChI is InChI=1S/C23H30O2/c1-4-5-6-7-8-17-25-22-15-13-20(14-16-22)19-9-11-21(12-10-19)23(24)18(2)3/h9-16,18H,4-8,17H2,1-3H3. The molecule has 0 N–H and O–H groups in total. The summed E-state index contributed by atoms with van der Waals surface area (Å²) in [7, 11) is 0. The molecule has 2 nitrogen and oxygen atoms in total. The molecule has 25 heavy (non-hydrogen) atoms. The van der Waals surface area contributed by atoms with Gasteiger partial charge in [0.15, 0.2) is 5.78 Å². The van der Waals surface area contributed by atoms with E-state index in [9.17, 15) is 4.79 Å². The number of ketones is 1. The summed E-state index contributed by atoms with van der Waals surface area (Å²) < 4.78 is 5.81. The highest BCUT2D eigenvalue weighted by Gasteiger charge is 2.10. The van der Waals surface area contributed by atoms with Gasteiger partial charge in [0, 0.05) is 11.5 Å². The summed E-state index contributed by atoms with van der Waals surface area (Å²) in [5.41, 5.74) is 3.03. The molecular formula is C23H30O2. The highest BCUT2D eigenvalue weighted by molar-refractivity contribution is 5.97. The molecule has 0 heterocycles. The van der Waals surface area contributed by atoms with Crippen molar-refractivity contribution in [3.63, 3.8) is 0 Å². The zero-order valence-corrected chi connectivity index (χ0v) is 15.8. The smallest absolute Gasteiger partial charge is 0.165 e. The van der Waals surface area contributed by atoms with Crippen LogP contribution in [-0.2, 0) is 0 Å². The fraction of sp³-hybridized carbons (Fsp3) is 0.435. The molecule has 0 bridgehead atoms. The van der Waals surface area contributed by atoms with Crippen molar-refractivity contribution in [3.8, 4) is 16.9 Å². The summed E-state index contributed by atoms with van der Waals surface area (Å²) in [6.07, 6.45) is 6.25. The van der Waals surface area contributed by atoms with Crippen LogP contribution < -0.4 is 4.74 Å². The molecule has 0 saturated carbocycles. The molecule has 0 saturated heterocycles. The van der Waals surface area contributed by atoms with Gasteiger partial charge in [0.1, 0.15) is 5.75 Å². The molecule has 0 amide bonds. The minimum absolute atomic E-state index is 0.0317. The fourth-order valence-corrected chi connectivity index (χ4v) is 2.80. The Bertz CT molecular complexity index is 639. The molecule has 0 fully saturated rings. The van der Waals surface area contributed by atoms with Crippen LogP contribution in [0.15, 0.2) is 48.5 Å². The van der Waals surface area contributed by atoms with Crippen LogP contribution in [0, 0.1) is 5.92 Å². The number of carbonyl (C=O) groups excluding carboxylic acids is 1. The van der Waals surface area contributed by atoms with Crippen LogP contribution in [-0.4, -0.2) is 12.4 Å². The quantitative estimate of drug-likeness (QED) is 0.363. The van der Waals surface area contributed by atoms with Crippen molar-refractivity contribution < 1.29 is 9.53 Å². The van der Waals surface area contributed by atoms with Crippen molar-refractivity contribution in [2.24, 2.45) is 5.92 Å². The monoisotopic (exact) mass is 338 g/mol. The Kier molecular flexibility index (Phi) is 7.72.